The lowest BCUT2D eigenvalue weighted by molar-refractivity contribution is -0.131. The van der Waals surface area contributed by atoms with Gasteiger partial charge in [0.1, 0.15) is 0 Å². The second-order valence-electron chi connectivity index (χ2n) is 5.25. The van der Waals surface area contributed by atoms with Crippen molar-refractivity contribution in [3.8, 4) is 0 Å². The van der Waals surface area contributed by atoms with Gasteiger partial charge in [-0.05, 0) is 42.7 Å². The van der Waals surface area contributed by atoms with Crippen LogP contribution in [0.1, 0.15) is 19.4 Å². The van der Waals surface area contributed by atoms with Gasteiger partial charge in [0.25, 0.3) is 0 Å². The van der Waals surface area contributed by atoms with Crippen LogP contribution in [0.4, 0.5) is 0 Å². The molecule has 3 atom stereocenters. The summed E-state index contributed by atoms with van der Waals surface area (Å²) in [5.41, 5.74) is 6.60. The molecule has 0 aliphatic carbocycles. The molecule has 0 saturated carbocycles. The number of hydrogen-bond donors (Lipinski definition) is 2. The van der Waals surface area contributed by atoms with Crippen LogP contribution < -0.4 is 11.1 Å². The van der Waals surface area contributed by atoms with Gasteiger partial charge < -0.3 is 15.8 Å². The molecule has 1 saturated heterocycles. The molecule has 2 rings (SSSR count). The minimum atomic E-state index is -0.594. The number of amides is 1. The molecule has 1 amide bonds. The first-order valence-corrected chi connectivity index (χ1v) is 7.12. The van der Waals surface area contributed by atoms with E-state index in [4.69, 9.17) is 10.5 Å². The van der Waals surface area contributed by atoms with Crippen LogP contribution in [-0.4, -0.2) is 31.2 Å². The highest BCUT2D eigenvalue weighted by Gasteiger charge is 2.44. The van der Waals surface area contributed by atoms with Gasteiger partial charge in [0.15, 0.2) is 0 Å². The molecule has 18 heavy (non-hydrogen) atoms. The second kappa shape index (κ2) is 5.38. The van der Waals surface area contributed by atoms with E-state index in [1.165, 1.54) is 5.56 Å². The van der Waals surface area contributed by atoms with Gasteiger partial charge in [-0.25, -0.2) is 0 Å². The monoisotopic (exact) mass is 268 g/mol. The molecule has 3 unspecified atom stereocenters. The zero-order valence-electron chi connectivity index (χ0n) is 10.8. The van der Waals surface area contributed by atoms with Crippen molar-refractivity contribution < 1.29 is 9.53 Å². The number of nitrogens with one attached hydrogen (secondary N) is 1. The summed E-state index contributed by atoms with van der Waals surface area (Å²) in [5, 5.41) is 7.19. The highest BCUT2D eigenvalue weighted by molar-refractivity contribution is 7.07. The van der Waals surface area contributed by atoms with Crippen LogP contribution in [0.3, 0.4) is 0 Å². The Kier molecular flexibility index (Phi) is 4.04. The SMILES string of the molecule is CC(Cc1ccsc1)NC(=O)C1(C)COCC1N. The Bertz CT molecular complexity index is 407. The maximum Gasteiger partial charge on any atom is 0.230 e. The van der Waals surface area contributed by atoms with Crippen molar-refractivity contribution in [3.05, 3.63) is 22.4 Å². The van der Waals surface area contributed by atoms with Gasteiger partial charge in [0.2, 0.25) is 5.91 Å². The number of nitrogens with two attached hydrogens (primary N) is 1. The molecule has 1 aromatic heterocycles. The predicted molar refractivity (Wildman–Crippen MR) is 72.5 cm³/mol. The van der Waals surface area contributed by atoms with Crippen LogP contribution in [0.15, 0.2) is 16.8 Å². The quantitative estimate of drug-likeness (QED) is 0.861. The highest BCUT2D eigenvalue weighted by atomic mass is 32.1. The lowest BCUT2D eigenvalue weighted by atomic mass is 9.84. The van der Waals surface area contributed by atoms with Crippen LogP contribution in [0, 0.1) is 5.41 Å². The van der Waals surface area contributed by atoms with Crippen molar-refractivity contribution in [3.63, 3.8) is 0 Å². The Balaban J connectivity index is 1.91. The van der Waals surface area contributed by atoms with E-state index in [1.54, 1.807) is 11.3 Å². The summed E-state index contributed by atoms with van der Waals surface area (Å²) >= 11 is 1.67. The van der Waals surface area contributed by atoms with Crippen molar-refractivity contribution in [2.45, 2.75) is 32.4 Å². The molecule has 1 aromatic rings. The second-order valence-corrected chi connectivity index (χ2v) is 6.03. The molecule has 100 valence electrons. The molecular formula is C13H20N2O2S. The fourth-order valence-corrected chi connectivity index (χ4v) is 2.81. The molecule has 0 bridgehead atoms. The third kappa shape index (κ3) is 2.74. The Morgan fingerprint density at radius 3 is 3.11 bits per heavy atom. The fraction of sp³-hybridized carbons (Fsp3) is 0.615. The lowest BCUT2D eigenvalue weighted by Gasteiger charge is -2.27. The van der Waals surface area contributed by atoms with E-state index in [9.17, 15) is 4.79 Å². The molecular weight excluding hydrogens is 248 g/mol. The van der Waals surface area contributed by atoms with Crippen LogP contribution >= 0.6 is 11.3 Å². The van der Waals surface area contributed by atoms with Crippen LogP contribution in [-0.2, 0) is 16.0 Å². The first-order chi connectivity index (χ1) is 8.52. The summed E-state index contributed by atoms with van der Waals surface area (Å²) in [6.07, 6.45) is 0.849. The Morgan fingerprint density at radius 1 is 1.78 bits per heavy atom. The zero-order valence-corrected chi connectivity index (χ0v) is 11.6. The third-order valence-electron chi connectivity index (χ3n) is 3.54. The van der Waals surface area contributed by atoms with Crippen molar-refractivity contribution in [2.75, 3.05) is 13.2 Å². The van der Waals surface area contributed by atoms with Crippen molar-refractivity contribution in [1.29, 1.82) is 0 Å². The summed E-state index contributed by atoms with van der Waals surface area (Å²) in [6, 6.07) is 1.97. The van der Waals surface area contributed by atoms with E-state index in [2.05, 4.69) is 16.8 Å². The fourth-order valence-electron chi connectivity index (χ4n) is 2.12. The number of carbonyl (C=O) groups excluding carboxylic acids is 1. The van der Waals surface area contributed by atoms with Crippen LogP contribution in [0.2, 0.25) is 0 Å². The summed E-state index contributed by atoms with van der Waals surface area (Å²) < 4.78 is 5.30. The standard InChI is InChI=1S/C13H20N2O2S/c1-9(5-10-3-4-18-7-10)15-12(16)13(2)8-17-6-11(13)14/h3-4,7,9,11H,5-6,8,14H2,1-2H3,(H,15,16). The molecule has 2 heterocycles. The zero-order chi connectivity index (χ0) is 13.2. The van der Waals surface area contributed by atoms with Crippen molar-refractivity contribution in [1.82, 2.24) is 5.32 Å². The molecule has 1 aliphatic rings. The van der Waals surface area contributed by atoms with Gasteiger partial charge in [0, 0.05) is 12.1 Å². The van der Waals surface area contributed by atoms with Gasteiger partial charge in [-0.15, -0.1) is 0 Å². The average molecular weight is 268 g/mol. The largest absolute Gasteiger partial charge is 0.379 e. The van der Waals surface area contributed by atoms with E-state index >= 15 is 0 Å². The van der Waals surface area contributed by atoms with Gasteiger partial charge in [-0.1, -0.05) is 0 Å². The van der Waals surface area contributed by atoms with Crippen molar-refractivity contribution in [2.24, 2.45) is 11.1 Å². The first kappa shape index (κ1) is 13.5. The minimum Gasteiger partial charge on any atom is -0.379 e. The van der Waals surface area contributed by atoms with Crippen LogP contribution in [0.5, 0.6) is 0 Å². The maximum absolute atomic E-state index is 12.2. The van der Waals surface area contributed by atoms with E-state index in [-0.39, 0.29) is 18.0 Å². The highest BCUT2D eigenvalue weighted by Crippen LogP contribution is 2.27. The van der Waals surface area contributed by atoms with Crippen LogP contribution in [0.25, 0.3) is 0 Å². The topological polar surface area (TPSA) is 64.3 Å². The summed E-state index contributed by atoms with van der Waals surface area (Å²) in [7, 11) is 0. The van der Waals surface area contributed by atoms with Gasteiger partial charge >= 0.3 is 0 Å². The van der Waals surface area contributed by atoms with Gasteiger partial charge in [-0.2, -0.15) is 11.3 Å². The summed E-state index contributed by atoms with van der Waals surface area (Å²) in [6.45, 7) is 4.76. The first-order valence-electron chi connectivity index (χ1n) is 6.18. The molecule has 3 N–H and O–H groups in total. The number of ether oxygens (including phenoxy) is 1. The maximum atomic E-state index is 12.2. The van der Waals surface area contributed by atoms with E-state index in [1.807, 2.05) is 19.2 Å². The molecule has 5 heteroatoms. The average Bonchev–Trinajstić information content (AvgIpc) is 2.91. The molecule has 0 radical (unpaired) electrons. The molecule has 0 spiro atoms. The predicted octanol–water partition coefficient (Wildman–Crippen LogP) is 1.16. The van der Waals surface area contributed by atoms with Gasteiger partial charge in [0.05, 0.1) is 18.6 Å². The van der Waals surface area contributed by atoms with E-state index in [0.29, 0.717) is 13.2 Å². The number of carbonyl (C=O) groups is 1. The summed E-state index contributed by atoms with van der Waals surface area (Å²) in [5.74, 6) is -0.00442. The lowest BCUT2D eigenvalue weighted by Crippen LogP contribution is -2.52. The molecule has 1 aliphatic heterocycles. The Labute approximate surface area is 112 Å². The summed E-state index contributed by atoms with van der Waals surface area (Å²) in [4.78, 5) is 12.2. The number of rotatable bonds is 4. The van der Waals surface area contributed by atoms with Crippen molar-refractivity contribution >= 4 is 17.2 Å². The minimum absolute atomic E-state index is 0.00442. The van der Waals surface area contributed by atoms with E-state index in [0.717, 1.165) is 6.42 Å². The molecule has 4 nitrogen and oxygen atoms in total. The number of hydrogen-bond acceptors (Lipinski definition) is 4. The third-order valence-corrected chi connectivity index (χ3v) is 4.27. The van der Waals surface area contributed by atoms with E-state index < -0.39 is 5.41 Å². The molecule has 1 fully saturated rings. The smallest absolute Gasteiger partial charge is 0.230 e. The Hall–Kier alpha value is -0.910. The van der Waals surface area contributed by atoms with Gasteiger partial charge in [-0.3, -0.25) is 4.79 Å². The normalized spacial score (nSPS) is 29.2. The number of thiophene rings is 1. The Morgan fingerprint density at radius 2 is 2.56 bits per heavy atom. The molecule has 0 aromatic carbocycles.